The minimum absolute atomic E-state index is 0.268. The van der Waals surface area contributed by atoms with E-state index >= 15 is 0 Å². The predicted molar refractivity (Wildman–Crippen MR) is 56.5 cm³/mol. The molecule has 0 aliphatic rings. The molecule has 0 unspecified atom stereocenters. The fourth-order valence-electron chi connectivity index (χ4n) is 1.54. The van der Waals surface area contributed by atoms with E-state index < -0.39 is 0 Å². The van der Waals surface area contributed by atoms with Crippen molar-refractivity contribution in [3.8, 4) is 11.3 Å². The van der Waals surface area contributed by atoms with E-state index in [1.165, 1.54) is 12.1 Å². The van der Waals surface area contributed by atoms with Gasteiger partial charge < -0.3 is 5.73 Å². The lowest BCUT2D eigenvalue weighted by molar-refractivity contribution is 0.625. The van der Waals surface area contributed by atoms with Crippen molar-refractivity contribution in [2.75, 3.05) is 0 Å². The van der Waals surface area contributed by atoms with Gasteiger partial charge in [-0.25, -0.2) is 4.39 Å². The van der Waals surface area contributed by atoms with Crippen LogP contribution in [-0.2, 0) is 13.6 Å². The molecule has 2 rings (SSSR count). The monoisotopic (exact) mass is 205 g/mol. The van der Waals surface area contributed by atoms with Crippen molar-refractivity contribution in [3.63, 3.8) is 0 Å². The molecule has 1 aromatic heterocycles. The SMILES string of the molecule is Cn1ccc(-c2ccc(F)cc2CN)n1. The minimum atomic E-state index is -0.268. The molecule has 0 fully saturated rings. The molecule has 2 aromatic rings. The van der Waals surface area contributed by atoms with Crippen molar-refractivity contribution in [3.05, 3.63) is 41.8 Å². The molecule has 0 saturated heterocycles. The van der Waals surface area contributed by atoms with E-state index in [0.29, 0.717) is 6.54 Å². The summed E-state index contributed by atoms with van der Waals surface area (Å²) in [6.45, 7) is 0.309. The minimum Gasteiger partial charge on any atom is -0.326 e. The lowest BCUT2D eigenvalue weighted by Gasteiger charge is -2.04. The summed E-state index contributed by atoms with van der Waals surface area (Å²) in [5.41, 5.74) is 8.04. The number of halogens is 1. The Kier molecular flexibility index (Phi) is 2.51. The van der Waals surface area contributed by atoms with Gasteiger partial charge in [0.2, 0.25) is 0 Å². The van der Waals surface area contributed by atoms with E-state index in [9.17, 15) is 4.39 Å². The number of nitrogens with two attached hydrogens (primary N) is 1. The molecule has 0 spiro atoms. The van der Waals surface area contributed by atoms with Gasteiger partial charge in [-0.1, -0.05) is 0 Å². The van der Waals surface area contributed by atoms with Gasteiger partial charge in [0, 0.05) is 25.4 Å². The Hall–Kier alpha value is -1.68. The van der Waals surface area contributed by atoms with Crippen molar-refractivity contribution >= 4 is 0 Å². The molecule has 0 aliphatic heterocycles. The summed E-state index contributed by atoms with van der Waals surface area (Å²) >= 11 is 0. The van der Waals surface area contributed by atoms with Gasteiger partial charge in [-0.3, -0.25) is 4.68 Å². The topological polar surface area (TPSA) is 43.8 Å². The van der Waals surface area contributed by atoms with Crippen LogP contribution in [0, 0.1) is 5.82 Å². The Morgan fingerprint density at radius 1 is 1.40 bits per heavy atom. The Labute approximate surface area is 87.3 Å². The second-order valence-corrected chi connectivity index (χ2v) is 3.38. The molecular formula is C11H12FN3. The van der Waals surface area contributed by atoms with Crippen LogP contribution in [0.2, 0.25) is 0 Å². The quantitative estimate of drug-likeness (QED) is 0.810. The average Bonchev–Trinajstić information content (AvgIpc) is 2.64. The molecule has 4 heteroatoms. The molecule has 15 heavy (non-hydrogen) atoms. The summed E-state index contributed by atoms with van der Waals surface area (Å²) in [6.07, 6.45) is 1.85. The van der Waals surface area contributed by atoms with Crippen molar-refractivity contribution in [1.82, 2.24) is 9.78 Å². The molecule has 0 aliphatic carbocycles. The first-order valence-electron chi connectivity index (χ1n) is 4.69. The standard InChI is InChI=1S/C11H12FN3/c1-15-5-4-11(14-15)10-3-2-9(12)6-8(10)7-13/h2-6H,7,13H2,1H3. The fraction of sp³-hybridized carbons (Fsp3) is 0.182. The van der Waals surface area contributed by atoms with Crippen molar-refractivity contribution in [2.45, 2.75) is 6.54 Å². The van der Waals surface area contributed by atoms with Crippen LogP contribution in [0.1, 0.15) is 5.56 Å². The van der Waals surface area contributed by atoms with E-state index in [4.69, 9.17) is 5.73 Å². The molecule has 3 nitrogen and oxygen atoms in total. The summed E-state index contributed by atoms with van der Waals surface area (Å²) in [4.78, 5) is 0. The van der Waals surface area contributed by atoms with Gasteiger partial charge in [0.1, 0.15) is 5.82 Å². The summed E-state index contributed by atoms with van der Waals surface area (Å²) in [5, 5.41) is 4.26. The zero-order chi connectivity index (χ0) is 10.8. The highest BCUT2D eigenvalue weighted by atomic mass is 19.1. The van der Waals surface area contributed by atoms with Crippen molar-refractivity contribution in [2.24, 2.45) is 12.8 Å². The Bertz CT molecular complexity index is 476. The van der Waals surface area contributed by atoms with Crippen LogP contribution in [0.25, 0.3) is 11.3 Å². The molecule has 0 radical (unpaired) electrons. The molecule has 2 N–H and O–H groups in total. The van der Waals surface area contributed by atoms with Crippen LogP contribution in [0.3, 0.4) is 0 Å². The highest BCUT2D eigenvalue weighted by Crippen LogP contribution is 2.22. The molecule has 78 valence electrons. The summed E-state index contributed by atoms with van der Waals surface area (Å²) in [5.74, 6) is -0.268. The van der Waals surface area contributed by atoms with Gasteiger partial charge in [0.15, 0.2) is 0 Å². The molecule has 0 atom stereocenters. The average molecular weight is 205 g/mol. The summed E-state index contributed by atoms with van der Waals surface area (Å²) in [6, 6.07) is 6.46. The first kappa shape index (κ1) is 9.86. The number of hydrogen-bond donors (Lipinski definition) is 1. The third-order valence-corrected chi connectivity index (χ3v) is 2.28. The number of aromatic nitrogens is 2. The van der Waals surface area contributed by atoms with Crippen molar-refractivity contribution in [1.29, 1.82) is 0 Å². The van der Waals surface area contributed by atoms with E-state index in [0.717, 1.165) is 16.8 Å². The second kappa shape index (κ2) is 3.82. The largest absolute Gasteiger partial charge is 0.326 e. The van der Waals surface area contributed by atoms with Gasteiger partial charge in [0.25, 0.3) is 0 Å². The second-order valence-electron chi connectivity index (χ2n) is 3.38. The molecule has 0 saturated carbocycles. The van der Waals surface area contributed by atoms with Gasteiger partial charge in [-0.15, -0.1) is 0 Å². The maximum Gasteiger partial charge on any atom is 0.123 e. The highest BCUT2D eigenvalue weighted by Gasteiger charge is 2.07. The zero-order valence-electron chi connectivity index (χ0n) is 8.44. The van der Waals surface area contributed by atoms with Crippen LogP contribution in [-0.4, -0.2) is 9.78 Å². The number of rotatable bonds is 2. The number of hydrogen-bond acceptors (Lipinski definition) is 2. The number of nitrogens with zero attached hydrogens (tertiary/aromatic N) is 2. The summed E-state index contributed by atoms with van der Waals surface area (Å²) in [7, 11) is 1.84. The predicted octanol–water partition coefficient (Wildman–Crippen LogP) is 1.68. The Morgan fingerprint density at radius 3 is 2.80 bits per heavy atom. The van der Waals surface area contributed by atoms with Crippen LogP contribution in [0.4, 0.5) is 4.39 Å². The molecular weight excluding hydrogens is 193 g/mol. The molecule has 1 aromatic carbocycles. The number of aryl methyl sites for hydroxylation is 1. The van der Waals surface area contributed by atoms with E-state index in [1.807, 2.05) is 19.3 Å². The third-order valence-electron chi connectivity index (χ3n) is 2.28. The van der Waals surface area contributed by atoms with E-state index in [1.54, 1.807) is 10.7 Å². The van der Waals surface area contributed by atoms with Crippen LogP contribution < -0.4 is 5.73 Å². The normalized spacial score (nSPS) is 10.6. The van der Waals surface area contributed by atoms with Gasteiger partial charge in [-0.2, -0.15) is 5.10 Å². The lowest BCUT2D eigenvalue weighted by Crippen LogP contribution is -2.00. The van der Waals surface area contributed by atoms with E-state index in [-0.39, 0.29) is 5.82 Å². The smallest absolute Gasteiger partial charge is 0.123 e. The van der Waals surface area contributed by atoms with Crippen LogP contribution in [0.15, 0.2) is 30.5 Å². The Balaban J connectivity index is 2.52. The van der Waals surface area contributed by atoms with Crippen LogP contribution >= 0.6 is 0 Å². The van der Waals surface area contributed by atoms with Crippen molar-refractivity contribution < 1.29 is 4.39 Å². The number of benzene rings is 1. The van der Waals surface area contributed by atoms with Gasteiger partial charge in [0.05, 0.1) is 5.69 Å². The van der Waals surface area contributed by atoms with E-state index in [2.05, 4.69) is 5.10 Å². The maximum absolute atomic E-state index is 13.0. The first-order valence-corrected chi connectivity index (χ1v) is 4.69. The third kappa shape index (κ3) is 1.89. The highest BCUT2D eigenvalue weighted by molar-refractivity contribution is 5.63. The van der Waals surface area contributed by atoms with Gasteiger partial charge >= 0.3 is 0 Å². The molecule has 0 bridgehead atoms. The summed E-state index contributed by atoms with van der Waals surface area (Å²) < 4.78 is 14.7. The molecule has 1 heterocycles. The lowest BCUT2D eigenvalue weighted by atomic mass is 10.0. The van der Waals surface area contributed by atoms with Gasteiger partial charge in [-0.05, 0) is 29.8 Å². The zero-order valence-corrected chi connectivity index (χ0v) is 8.44. The van der Waals surface area contributed by atoms with Crippen LogP contribution in [0.5, 0.6) is 0 Å². The fourth-order valence-corrected chi connectivity index (χ4v) is 1.54. The first-order chi connectivity index (χ1) is 7.20. The Morgan fingerprint density at radius 2 is 2.20 bits per heavy atom. The molecule has 0 amide bonds. The maximum atomic E-state index is 13.0.